The van der Waals surface area contributed by atoms with E-state index in [-0.39, 0.29) is 0 Å². The summed E-state index contributed by atoms with van der Waals surface area (Å²) >= 11 is 8.65. The van der Waals surface area contributed by atoms with Crippen LogP contribution in [0, 0.1) is 16.1 Å². The van der Waals surface area contributed by atoms with Gasteiger partial charge in [-0.2, -0.15) is 10.4 Å². The van der Waals surface area contributed by atoms with E-state index in [0.29, 0.717) is 10.3 Å². The van der Waals surface area contributed by atoms with Crippen LogP contribution in [0.4, 0.5) is 0 Å². The molecule has 0 saturated carbocycles. The van der Waals surface area contributed by atoms with Crippen molar-refractivity contribution in [1.82, 2.24) is 14.8 Å². The Morgan fingerprint density at radius 3 is 2.94 bits per heavy atom. The zero-order valence-corrected chi connectivity index (χ0v) is 11.5. The maximum absolute atomic E-state index is 8.82. The topological polar surface area (TPSA) is 57.4 Å². The third-order valence-electron chi connectivity index (χ3n) is 2.38. The van der Waals surface area contributed by atoms with Crippen molar-refractivity contribution in [3.63, 3.8) is 0 Å². The van der Waals surface area contributed by atoms with Crippen molar-refractivity contribution in [2.24, 2.45) is 0 Å². The van der Waals surface area contributed by atoms with E-state index >= 15 is 0 Å². The van der Waals surface area contributed by atoms with E-state index in [1.807, 2.05) is 17.6 Å². The fraction of sp³-hybridized carbons (Fsp3) is 0.182. The Morgan fingerprint density at radius 1 is 1.59 bits per heavy atom. The summed E-state index contributed by atoms with van der Waals surface area (Å²) in [5, 5.41) is 15.7. The summed E-state index contributed by atoms with van der Waals surface area (Å²) in [4.78, 5) is 0. The highest BCUT2D eigenvalue weighted by Gasteiger charge is 2.10. The summed E-state index contributed by atoms with van der Waals surface area (Å²) in [5.74, 6) is 0.861. The molecule has 0 atom stereocenters. The molecule has 0 aliphatic carbocycles. The number of nitrogens with one attached hydrogen (secondary N) is 1. The van der Waals surface area contributed by atoms with Crippen molar-refractivity contribution < 1.29 is 0 Å². The van der Waals surface area contributed by atoms with Crippen LogP contribution in [-0.4, -0.2) is 14.8 Å². The third-order valence-corrected chi connectivity index (χ3v) is 3.28. The van der Waals surface area contributed by atoms with E-state index in [0.717, 1.165) is 22.4 Å². The number of aromatic amines is 1. The summed E-state index contributed by atoms with van der Waals surface area (Å²) in [7, 11) is 0. The van der Waals surface area contributed by atoms with E-state index in [4.69, 9.17) is 17.5 Å². The van der Waals surface area contributed by atoms with Crippen molar-refractivity contribution in [1.29, 1.82) is 5.26 Å². The first-order chi connectivity index (χ1) is 8.17. The molecule has 0 radical (unpaired) electrons. The van der Waals surface area contributed by atoms with Gasteiger partial charge in [-0.25, -0.2) is 0 Å². The number of H-pyrrole nitrogens is 1. The molecule has 1 heterocycles. The van der Waals surface area contributed by atoms with Gasteiger partial charge in [-0.1, -0.05) is 6.92 Å². The molecule has 0 amide bonds. The van der Waals surface area contributed by atoms with E-state index in [2.05, 4.69) is 32.2 Å². The number of rotatable bonds is 2. The van der Waals surface area contributed by atoms with E-state index in [9.17, 15) is 0 Å². The minimum absolute atomic E-state index is 0.548. The molecule has 0 aliphatic rings. The summed E-state index contributed by atoms with van der Waals surface area (Å²) in [5.41, 5.74) is 1.49. The molecular formula is C11H9BrN4S. The molecule has 1 N–H and O–H groups in total. The molecule has 0 unspecified atom stereocenters. The Morgan fingerprint density at radius 2 is 2.35 bits per heavy atom. The Bertz CT molecular complexity index is 650. The molecule has 0 spiro atoms. The maximum atomic E-state index is 8.82. The first kappa shape index (κ1) is 12.0. The minimum Gasteiger partial charge on any atom is -0.271 e. The Hall–Kier alpha value is -1.45. The van der Waals surface area contributed by atoms with Gasteiger partial charge >= 0.3 is 0 Å². The molecule has 2 rings (SSSR count). The van der Waals surface area contributed by atoms with Gasteiger partial charge in [-0.05, 0) is 46.3 Å². The average Bonchev–Trinajstić information content (AvgIpc) is 2.70. The second-order valence-corrected chi connectivity index (χ2v) is 4.65. The first-order valence-electron chi connectivity index (χ1n) is 5.03. The second-order valence-electron chi connectivity index (χ2n) is 3.41. The maximum Gasteiger partial charge on any atom is 0.199 e. The van der Waals surface area contributed by atoms with Crippen molar-refractivity contribution in [2.45, 2.75) is 13.3 Å². The van der Waals surface area contributed by atoms with Gasteiger partial charge in [0.25, 0.3) is 0 Å². The van der Waals surface area contributed by atoms with Crippen LogP contribution in [0.15, 0.2) is 22.7 Å². The first-order valence-corrected chi connectivity index (χ1v) is 6.23. The molecule has 6 heteroatoms. The van der Waals surface area contributed by atoms with Gasteiger partial charge in [0.05, 0.1) is 17.3 Å². The highest BCUT2D eigenvalue weighted by atomic mass is 79.9. The van der Waals surface area contributed by atoms with Crippen molar-refractivity contribution >= 4 is 28.1 Å². The van der Waals surface area contributed by atoms with Crippen LogP contribution in [0.2, 0.25) is 0 Å². The molecule has 0 saturated heterocycles. The van der Waals surface area contributed by atoms with Gasteiger partial charge in [0.15, 0.2) is 4.77 Å². The Balaban J connectivity index is 2.65. The van der Waals surface area contributed by atoms with E-state index < -0.39 is 0 Å². The van der Waals surface area contributed by atoms with Crippen LogP contribution < -0.4 is 0 Å². The van der Waals surface area contributed by atoms with Crippen molar-refractivity contribution in [2.75, 3.05) is 0 Å². The number of halogens is 1. The van der Waals surface area contributed by atoms with Crippen molar-refractivity contribution in [3.05, 3.63) is 38.8 Å². The molecule has 86 valence electrons. The molecule has 1 aromatic heterocycles. The fourth-order valence-corrected chi connectivity index (χ4v) is 2.38. The molecule has 2 aromatic rings. The van der Waals surface area contributed by atoms with Gasteiger partial charge in [-0.3, -0.25) is 9.67 Å². The monoisotopic (exact) mass is 308 g/mol. The number of benzene rings is 1. The lowest BCUT2D eigenvalue weighted by Crippen LogP contribution is -2.01. The van der Waals surface area contributed by atoms with Crippen LogP contribution in [0.5, 0.6) is 0 Å². The SMILES string of the molecule is CCc1n[nH]c(=S)n1-c1ccc(C#N)cc1Br. The van der Waals surface area contributed by atoms with Crippen LogP contribution in [-0.2, 0) is 6.42 Å². The van der Waals surface area contributed by atoms with Crippen LogP contribution in [0.25, 0.3) is 5.69 Å². The number of aryl methyl sites for hydroxylation is 1. The number of nitriles is 1. The Labute approximate surface area is 112 Å². The summed E-state index contributed by atoms with van der Waals surface area (Å²) < 4.78 is 3.23. The third kappa shape index (κ3) is 2.16. The quantitative estimate of drug-likeness (QED) is 0.867. The number of hydrogen-bond donors (Lipinski definition) is 1. The van der Waals surface area contributed by atoms with Gasteiger partial charge in [0, 0.05) is 10.9 Å². The van der Waals surface area contributed by atoms with Gasteiger partial charge in [-0.15, -0.1) is 0 Å². The zero-order chi connectivity index (χ0) is 12.4. The van der Waals surface area contributed by atoms with Crippen molar-refractivity contribution in [3.8, 4) is 11.8 Å². The summed E-state index contributed by atoms with van der Waals surface area (Å²) in [6.45, 7) is 2.01. The summed E-state index contributed by atoms with van der Waals surface area (Å²) in [6, 6.07) is 7.47. The number of nitrogens with zero attached hydrogens (tertiary/aromatic N) is 3. The number of aromatic nitrogens is 3. The standard InChI is InChI=1S/C11H9BrN4S/c1-2-10-14-15-11(17)16(10)9-4-3-7(6-13)5-8(9)12/h3-5H,2H2,1H3,(H,15,17). The predicted molar refractivity (Wildman–Crippen MR) is 70.5 cm³/mol. The summed E-state index contributed by atoms with van der Waals surface area (Å²) in [6.07, 6.45) is 0.777. The molecule has 17 heavy (non-hydrogen) atoms. The van der Waals surface area contributed by atoms with E-state index in [1.165, 1.54) is 0 Å². The minimum atomic E-state index is 0.548. The van der Waals surface area contributed by atoms with Gasteiger partial charge in [0.1, 0.15) is 5.82 Å². The lowest BCUT2D eigenvalue weighted by molar-refractivity contribution is 0.877. The molecule has 0 aliphatic heterocycles. The second kappa shape index (κ2) is 4.82. The molecule has 0 bridgehead atoms. The lowest BCUT2D eigenvalue weighted by Gasteiger charge is -2.07. The highest BCUT2D eigenvalue weighted by Crippen LogP contribution is 2.23. The largest absolute Gasteiger partial charge is 0.271 e. The van der Waals surface area contributed by atoms with Crippen LogP contribution in [0.1, 0.15) is 18.3 Å². The fourth-order valence-electron chi connectivity index (χ4n) is 1.57. The zero-order valence-electron chi connectivity index (χ0n) is 9.07. The van der Waals surface area contributed by atoms with Gasteiger partial charge in [0.2, 0.25) is 0 Å². The lowest BCUT2D eigenvalue weighted by atomic mass is 10.2. The molecule has 4 nitrogen and oxygen atoms in total. The van der Waals surface area contributed by atoms with Crippen LogP contribution >= 0.6 is 28.1 Å². The van der Waals surface area contributed by atoms with Crippen LogP contribution in [0.3, 0.4) is 0 Å². The molecule has 0 fully saturated rings. The Kier molecular flexibility index (Phi) is 3.41. The highest BCUT2D eigenvalue weighted by molar-refractivity contribution is 9.10. The smallest absolute Gasteiger partial charge is 0.199 e. The number of hydrogen-bond acceptors (Lipinski definition) is 3. The molecular weight excluding hydrogens is 300 g/mol. The normalized spacial score (nSPS) is 10.2. The molecule has 1 aromatic carbocycles. The predicted octanol–water partition coefficient (Wildman–Crippen LogP) is 3.13. The van der Waals surface area contributed by atoms with Gasteiger partial charge < -0.3 is 0 Å². The van der Waals surface area contributed by atoms with E-state index in [1.54, 1.807) is 12.1 Å². The average molecular weight is 309 g/mol.